The summed E-state index contributed by atoms with van der Waals surface area (Å²) in [7, 11) is 0. The quantitative estimate of drug-likeness (QED) is 0.769. The minimum Gasteiger partial charge on any atom is -0.467 e. The Hall–Kier alpha value is -1.29. The molecule has 1 aliphatic rings. The molecule has 1 atom stereocenters. The van der Waals surface area contributed by atoms with Crippen molar-refractivity contribution >= 4 is 5.91 Å². The van der Waals surface area contributed by atoms with Crippen molar-refractivity contribution in [1.82, 2.24) is 4.90 Å². The molecule has 4 heteroatoms. The predicted octanol–water partition coefficient (Wildman–Crippen LogP) is 1.11. The molecule has 0 bridgehead atoms. The standard InChI is InChI=1S/C10H13NO3/c1-10(13)5-4-9(12)11(10)7-8-3-2-6-14-8/h2-3,6,13H,4-5,7H2,1H3/t10-/m1/s1. The molecule has 76 valence electrons. The molecular formula is C10H13NO3. The summed E-state index contributed by atoms with van der Waals surface area (Å²) in [4.78, 5) is 12.9. The van der Waals surface area contributed by atoms with Gasteiger partial charge in [-0.15, -0.1) is 0 Å². The number of aliphatic hydroxyl groups is 1. The van der Waals surface area contributed by atoms with Gasteiger partial charge >= 0.3 is 0 Å². The van der Waals surface area contributed by atoms with Crippen molar-refractivity contribution in [2.24, 2.45) is 0 Å². The third-order valence-corrected chi connectivity index (χ3v) is 2.59. The monoisotopic (exact) mass is 195 g/mol. The summed E-state index contributed by atoms with van der Waals surface area (Å²) in [6, 6.07) is 3.56. The lowest BCUT2D eigenvalue weighted by Crippen LogP contribution is -2.42. The molecule has 1 aromatic rings. The maximum Gasteiger partial charge on any atom is 0.225 e. The van der Waals surface area contributed by atoms with Crippen molar-refractivity contribution in [3.63, 3.8) is 0 Å². The Bertz CT molecular complexity index is 329. The number of rotatable bonds is 2. The third-order valence-electron chi connectivity index (χ3n) is 2.59. The zero-order valence-electron chi connectivity index (χ0n) is 8.06. The van der Waals surface area contributed by atoms with E-state index in [2.05, 4.69) is 0 Å². The Morgan fingerprint density at radius 1 is 1.71 bits per heavy atom. The van der Waals surface area contributed by atoms with Crippen molar-refractivity contribution in [1.29, 1.82) is 0 Å². The fraction of sp³-hybridized carbons (Fsp3) is 0.500. The maximum absolute atomic E-state index is 11.4. The van der Waals surface area contributed by atoms with Gasteiger partial charge in [0.05, 0.1) is 12.8 Å². The number of furan rings is 1. The van der Waals surface area contributed by atoms with Crippen LogP contribution in [0, 0.1) is 0 Å². The summed E-state index contributed by atoms with van der Waals surface area (Å²) in [6.07, 6.45) is 2.46. The third kappa shape index (κ3) is 1.53. The predicted molar refractivity (Wildman–Crippen MR) is 49.1 cm³/mol. The summed E-state index contributed by atoms with van der Waals surface area (Å²) in [5.74, 6) is 0.673. The van der Waals surface area contributed by atoms with E-state index in [1.54, 1.807) is 25.3 Å². The molecule has 1 amide bonds. The minimum absolute atomic E-state index is 0.0219. The molecule has 1 saturated heterocycles. The second kappa shape index (κ2) is 3.13. The molecule has 0 aliphatic carbocycles. The topological polar surface area (TPSA) is 53.7 Å². The van der Waals surface area contributed by atoms with Gasteiger partial charge in [0.25, 0.3) is 0 Å². The van der Waals surface area contributed by atoms with Crippen LogP contribution in [0.1, 0.15) is 25.5 Å². The van der Waals surface area contributed by atoms with Crippen LogP contribution in [0.5, 0.6) is 0 Å². The number of hydrogen-bond acceptors (Lipinski definition) is 3. The summed E-state index contributed by atoms with van der Waals surface area (Å²) in [6.45, 7) is 2.00. The number of carbonyl (C=O) groups excluding carboxylic acids is 1. The summed E-state index contributed by atoms with van der Waals surface area (Å²) < 4.78 is 5.13. The molecule has 2 rings (SSSR count). The SMILES string of the molecule is C[C@@]1(O)CCC(=O)N1Cc1ccco1. The van der Waals surface area contributed by atoms with Crippen molar-refractivity contribution in [2.75, 3.05) is 0 Å². The molecule has 14 heavy (non-hydrogen) atoms. The normalized spacial score (nSPS) is 27.3. The Kier molecular flexibility index (Phi) is 2.07. The number of carbonyl (C=O) groups is 1. The van der Waals surface area contributed by atoms with Crippen molar-refractivity contribution in [3.05, 3.63) is 24.2 Å². The molecule has 1 aliphatic heterocycles. The van der Waals surface area contributed by atoms with Gasteiger partial charge in [0.1, 0.15) is 11.5 Å². The first kappa shape index (κ1) is 9.27. The molecule has 2 heterocycles. The molecule has 0 saturated carbocycles. The fourth-order valence-electron chi connectivity index (χ4n) is 1.70. The average molecular weight is 195 g/mol. The molecule has 1 fully saturated rings. The van der Waals surface area contributed by atoms with E-state index in [0.29, 0.717) is 25.1 Å². The lowest BCUT2D eigenvalue weighted by atomic mass is 10.2. The largest absolute Gasteiger partial charge is 0.467 e. The van der Waals surface area contributed by atoms with E-state index >= 15 is 0 Å². The van der Waals surface area contributed by atoms with Gasteiger partial charge in [-0.05, 0) is 19.1 Å². The van der Waals surface area contributed by atoms with E-state index in [9.17, 15) is 9.90 Å². The Morgan fingerprint density at radius 2 is 2.50 bits per heavy atom. The summed E-state index contributed by atoms with van der Waals surface area (Å²) in [5, 5.41) is 9.89. The van der Waals surface area contributed by atoms with Crippen LogP contribution in [0.15, 0.2) is 22.8 Å². The lowest BCUT2D eigenvalue weighted by Gasteiger charge is -2.29. The minimum atomic E-state index is -1.02. The molecule has 0 spiro atoms. The van der Waals surface area contributed by atoms with Crippen LogP contribution in [0.4, 0.5) is 0 Å². The van der Waals surface area contributed by atoms with Gasteiger partial charge in [-0.3, -0.25) is 4.79 Å². The Morgan fingerprint density at radius 3 is 3.00 bits per heavy atom. The Labute approximate surface area is 82.1 Å². The van der Waals surface area contributed by atoms with Crippen LogP contribution in [-0.4, -0.2) is 21.6 Å². The van der Waals surface area contributed by atoms with Crippen molar-refractivity contribution in [3.8, 4) is 0 Å². The molecule has 0 aromatic carbocycles. The number of amides is 1. The van der Waals surface area contributed by atoms with Gasteiger partial charge < -0.3 is 14.4 Å². The van der Waals surface area contributed by atoms with Gasteiger partial charge in [0, 0.05) is 12.8 Å². The number of hydrogen-bond donors (Lipinski definition) is 1. The summed E-state index contributed by atoms with van der Waals surface area (Å²) >= 11 is 0. The van der Waals surface area contributed by atoms with Crippen molar-refractivity contribution < 1.29 is 14.3 Å². The molecular weight excluding hydrogens is 182 g/mol. The highest BCUT2D eigenvalue weighted by Gasteiger charge is 2.39. The highest BCUT2D eigenvalue weighted by Crippen LogP contribution is 2.28. The zero-order valence-corrected chi connectivity index (χ0v) is 8.06. The summed E-state index contributed by atoms with van der Waals surface area (Å²) in [5.41, 5.74) is -1.02. The molecule has 4 nitrogen and oxygen atoms in total. The van der Waals surface area contributed by atoms with Gasteiger partial charge in [0.2, 0.25) is 5.91 Å². The van der Waals surface area contributed by atoms with E-state index in [0.717, 1.165) is 0 Å². The van der Waals surface area contributed by atoms with Gasteiger partial charge in [-0.25, -0.2) is 0 Å². The van der Waals surface area contributed by atoms with Crippen LogP contribution >= 0.6 is 0 Å². The Balaban J connectivity index is 2.13. The highest BCUT2D eigenvalue weighted by molar-refractivity contribution is 5.79. The molecule has 1 N–H and O–H groups in total. The van der Waals surface area contributed by atoms with Gasteiger partial charge in [-0.1, -0.05) is 0 Å². The van der Waals surface area contributed by atoms with Crippen LogP contribution in [0.2, 0.25) is 0 Å². The zero-order chi connectivity index (χ0) is 10.2. The molecule has 0 radical (unpaired) electrons. The maximum atomic E-state index is 11.4. The van der Waals surface area contributed by atoms with Crippen LogP contribution < -0.4 is 0 Å². The highest BCUT2D eigenvalue weighted by atomic mass is 16.3. The van der Waals surface area contributed by atoms with Gasteiger partial charge in [-0.2, -0.15) is 0 Å². The van der Waals surface area contributed by atoms with Crippen LogP contribution in [-0.2, 0) is 11.3 Å². The first-order valence-electron chi connectivity index (χ1n) is 4.65. The van der Waals surface area contributed by atoms with Crippen LogP contribution in [0.3, 0.4) is 0 Å². The molecule has 1 aromatic heterocycles. The first-order chi connectivity index (χ1) is 6.59. The second-order valence-corrected chi connectivity index (χ2v) is 3.78. The number of likely N-dealkylation sites (tertiary alicyclic amines) is 1. The second-order valence-electron chi connectivity index (χ2n) is 3.78. The van der Waals surface area contributed by atoms with E-state index in [1.807, 2.05) is 0 Å². The van der Waals surface area contributed by atoms with E-state index in [4.69, 9.17) is 4.42 Å². The van der Waals surface area contributed by atoms with E-state index in [-0.39, 0.29) is 5.91 Å². The van der Waals surface area contributed by atoms with Crippen LogP contribution in [0.25, 0.3) is 0 Å². The molecule has 0 unspecified atom stereocenters. The van der Waals surface area contributed by atoms with Crippen molar-refractivity contribution in [2.45, 2.75) is 32.0 Å². The smallest absolute Gasteiger partial charge is 0.225 e. The first-order valence-corrected chi connectivity index (χ1v) is 4.65. The van der Waals surface area contributed by atoms with E-state index < -0.39 is 5.72 Å². The van der Waals surface area contributed by atoms with Gasteiger partial charge in [0.15, 0.2) is 0 Å². The number of nitrogens with zero attached hydrogens (tertiary/aromatic N) is 1. The van der Waals surface area contributed by atoms with E-state index in [1.165, 1.54) is 4.90 Å². The lowest BCUT2D eigenvalue weighted by molar-refractivity contribution is -0.144. The average Bonchev–Trinajstić information content (AvgIpc) is 2.69. The fourth-order valence-corrected chi connectivity index (χ4v) is 1.70.